The van der Waals surface area contributed by atoms with E-state index in [0.29, 0.717) is 6.42 Å². The van der Waals surface area contributed by atoms with Gasteiger partial charge in [-0.25, -0.2) is 0 Å². The molecule has 2 N–H and O–H groups in total. The third kappa shape index (κ3) is 4.63. The van der Waals surface area contributed by atoms with Crippen LogP contribution in [0.15, 0.2) is 46.9 Å². The first-order chi connectivity index (χ1) is 13.0. The maximum atomic E-state index is 13.2. The molecule has 0 spiro atoms. The van der Waals surface area contributed by atoms with E-state index in [1.165, 1.54) is 5.56 Å². The van der Waals surface area contributed by atoms with E-state index in [2.05, 4.69) is 20.9 Å². The summed E-state index contributed by atoms with van der Waals surface area (Å²) in [5.41, 5.74) is 3.86. The Morgan fingerprint density at radius 2 is 1.93 bits per heavy atom. The molecule has 3 aromatic rings. The van der Waals surface area contributed by atoms with Gasteiger partial charge in [0.05, 0.1) is 0 Å². The molecule has 1 atom stereocenters. The Hall–Kier alpha value is -1.62. The SMILES string of the molecule is CCC(CCO)C(=O)c1c(CCc2ccc(Cl)cc2)[nH]c2cc(Br)ccc12. The van der Waals surface area contributed by atoms with Crippen LogP contribution in [-0.2, 0) is 12.8 Å². The van der Waals surface area contributed by atoms with Gasteiger partial charge in [-0.15, -0.1) is 0 Å². The standard InChI is InChI=1S/C22H23BrClNO2/c1-2-15(11-12-26)22(27)21-18-9-6-16(23)13-20(18)25-19(21)10-5-14-3-7-17(24)8-4-14/h3-4,6-9,13,15,25-26H,2,5,10-12H2,1H3. The fourth-order valence-corrected chi connectivity index (χ4v) is 3.98. The number of hydrogen-bond acceptors (Lipinski definition) is 2. The number of carbonyl (C=O) groups excluding carboxylic acids is 1. The summed E-state index contributed by atoms with van der Waals surface area (Å²) in [4.78, 5) is 16.7. The number of H-pyrrole nitrogens is 1. The number of aliphatic hydroxyl groups is 1. The van der Waals surface area contributed by atoms with E-state index in [0.717, 1.165) is 50.9 Å². The van der Waals surface area contributed by atoms with Gasteiger partial charge < -0.3 is 10.1 Å². The van der Waals surface area contributed by atoms with Gasteiger partial charge in [0.15, 0.2) is 5.78 Å². The first-order valence-corrected chi connectivity index (χ1v) is 10.4. The highest BCUT2D eigenvalue weighted by molar-refractivity contribution is 9.10. The lowest BCUT2D eigenvalue weighted by atomic mass is 9.90. The van der Waals surface area contributed by atoms with Crippen LogP contribution in [0.4, 0.5) is 0 Å². The molecule has 142 valence electrons. The molecule has 0 saturated heterocycles. The maximum absolute atomic E-state index is 13.2. The van der Waals surface area contributed by atoms with Crippen molar-refractivity contribution >= 4 is 44.2 Å². The number of rotatable bonds is 8. The van der Waals surface area contributed by atoms with Crippen molar-refractivity contribution in [1.29, 1.82) is 0 Å². The van der Waals surface area contributed by atoms with Crippen LogP contribution >= 0.6 is 27.5 Å². The summed E-state index contributed by atoms with van der Waals surface area (Å²) in [6.45, 7) is 2.02. The van der Waals surface area contributed by atoms with Crippen molar-refractivity contribution in [3.63, 3.8) is 0 Å². The topological polar surface area (TPSA) is 53.1 Å². The van der Waals surface area contributed by atoms with Crippen molar-refractivity contribution < 1.29 is 9.90 Å². The summed E-state index contributed by atoms with van der Waals surface area (Å²) >= 11 is 9.47. The monoisotopic (exact) mass is 447 g/mol. The molecule has 1 unspecified atom stereocenters. The molecule has 1 aromatic heterocycles. The average Bonchev–Trinajstić information content (AvgIpc) is 3.02. The van der Waals surface area contributed by atoms with Crippen LogP contribution in [0, 0.1) is 5.92 Å². The molecule has 2 aromatic carbocycles. The van der Waals surface area contributed by atoms with Crippen molar-refractivity contribution in [2.75, 3.05) is 6.61 Å². The van der Waals surface area contributed by atoms with Crippen molar-refractivity contribution in [1.82, 2.24) is 4.98 Å². The van der Waals surface area contributed by atoms with Crippen LogP contribution in [0.1, 0.15) is 41.4 Å². The van der Waals surface area contributed by atoms with E-state index in [1.807, 2.05) is 49.4 Å². The van der Waals surface area contributed by atoms with Gasteiger partial charge in [-0.1, -0.05) is 52.7 Å². The largest absolute Gasteiger partial charge is 0.396 e. The number of aliphatic hydroxyl groups excluding tert-OH is 1. The summed E-state index contributed by atoms with van der Waals surface area (Å²) in [6, 6.07) is 13.8. The minimum Gasteiger partial charge on any atom is -0.396 e. The van der Waals surface area contributed by atoms with E-state index in [1.54, 1.807) is 0 Å². The molecule has 0 aliphatic carbocycles. The molecule has 1 heterocycles. The maximum Gasteiger partial charge on any atom is 0.168 e. The van der Waals surface area contributed by atoms with Gasteiger partial charge in [0, 0.05) is 44.2 Å². The zero-order valence-electron chi connectivity index (χ0n) is 15.3. The lowest BCUT2D eigenvalue weighted by Crippen LogP contribution is -2.17. The minimum absolute atomic E-state index is 0.0260. The number of aromatic amines is 1. The third-order valence-electron chi connectivity index (χ3n) is 5.00. The lowest BCUT2D eigenvalue weighted by molar-refractivity contribution is 0.0892. The number of ketones is 1. The van der Waals surface area contributed by atoms with Gasteiger partial charge in [-0.3, -0.25) is 4.79 Å². The van der Waals surface area contributed by atoms with Gasteiger partial charge in [-0.2, -0.15) is 0 Å². The van der Waals surface area contributed by atoms with Crippen LogP contribution in [0.2, 0.25) is 5.02 Å². The molecule has 0 amide bonds. The second kappa shape index (κ2) is 9.05. The summed E-state index contributed by atoms with van der Waals surface area (Å²) < 4.78 is 0.974. The van der Waals surface area contributed by atoms with E-state index in [-0.39, 0.29) is 18.3 Å². The molecule has 27 heavy (non-hydrogen) atoms. The molecule has 3 nitrogen and oxygen atoms in total. The second-order valence-corrected chi connectivity index (χ2v) is 8.13. The normalized spacial score (nSPS) is 12.4. The van der Waals surface area contributed by atoms with Gasteiger partial charge in [0.25, 0.3) is 0 Å². The molecule has 0 saturated carbocycles. The third-order valence-corrected chi connectivity index (χ3v) is 5.75. The fourth-order valence-electron chi connectivity index (χ4n) is 3.50. The van der Waals surface area contributed by atoms with Gasteiger partial charge in [-0.05, 0) is 55.5 Å². The lowest BCUT2D eigenvalue weighted by Gasteiger charge is -2.13. The quantitative estimate of drug-likeness (QED) is 0.418. The molecule has 5 heteroatoms. The summed E-state index contributed by atoms with van der Waals surface area (Å²) in [5, 5.41) is 11.0. The first kappa shape index (κ1) is 20.1. The van der Waals surface area contributed by atoms with E-state index >= 15 is 0 Å². The predicted octanol–water partition coefficient (Wildman–Crippen LogP) is 5.96. The van der Waals surface area contributed by atoms with E-state index in [9.17, 15) is 9.90 Å². The molecule has 0 aliphatic heterocycles. The number of Topliss-reactive ketones (excluding diaryl/α,β-unsaturated/α-hetero) is 1. The van der Waals surface area contributed by atoms with Crippen molar-refractivity contribution in [2.24, 2.45) is 5.92 Å². The zero-order chi connectivity index (χ0) is 19.4. The van der Waals surface area contributed by atoms with Crippen LogP contribution in [-0.4, -0.2) is 22.5 Å². The number of nitrogens with one attached hydrogen (secondary N) is 1. The van der Waals surface area contributed by atoms with Crippen LogP contribution < -0.4 is 0 Å². The number of hydrogen-bond donors (Lipinski definition) is 2. The van der Waals surface area contributed by atoms with Crippen molar-refractivity contribution in [2.45, 2.75) is 32.6 Å². The van der Waals surface area contributed by atoms with Crippen molar-refractivity contribution in [3.8, 4) is 0 Å². The molecule has 3 rings (SSSR count). The molecule has 0 bridgehead atoms. The highest BCUT2D eigenvalue weighted by atomic mass is 79.9. The summed E-state index contributed by atoms with van der Waals surface area (Å²) in [5.74, 6) is -0.0434. The smallest absolute Gasteiger partial charge is 0.168 e. The Kier molecular flexibility index (Phi) is 6.74. The predicted molar refractivity (Wildman–Crippen MR) is 115 cm³/mol. The summed E-state index contributed by atoms with van der Waals surface area (Å²) in [6.07, 6.45) is 2.78. The molecule has 0 aliphatic rings. The van der Waals surface area contributed by atoms with Crippen molar-refractivity contribution in [3.05, 3.63) is 68.8 Å². The molecular formula is C22H23BrClNO2. The Labute approximate surface area is 172 Å². The second-order valence-electron chi connectivity index (χ2n) is 6.78. The van der Waals surface area contributed by atoms with Gasteiger partial charge in [0.1, 0.15) is 0 Å². The number of aromatic nitrogens is 1. The zero-order valence-corrected chi connectivity index (χ0v) is 17.6. The van der Waals surface area contributed by atoms with Gasteiger partial charge in [0.2, 0.25) is 0 Å². The highest BCUT2D eigenvalue weighted by Crippen LogP contribution is 2.30. The molecule has 0 radical (unpaired) electrons. The van der Waals surface area contributed by atoms with Gasteiger partial charge >= 0.3 is 0 Å². The number of carbonyl (C=O) groups is 1. The average molecular weight is 449 g/mol. The number of halogens is 2. The fraction of sp³-hybridized carbons (Fsp3) is 0.318. The Balaban J connectivity index is 1.97. The molecular weight excluding hydrogens is 426 g/mol. The van der Waals surface area contributed by atoms with E-state index in [4.69, 9.17) is 11.6 Å². The highest BCUT2D eigenvalue weighted by Gasteiger charge is 2.24. The first-order valence-electron chi connectivity index (χ1n) is 9.23. The van der Waals surface area contributed by atoms with Crippen LogP contribution in [0.3, 0.4) is 0 Å². The van der Waals surface area contributed by atoms with Crippen LogP contribution in [0.5, 0.6) is 0 Å². The van der Waals surface area contributed by atoms with Crippen LogP contribution in [0.25, 0.3) is 10.9 Å². The number of fused-ring (bicyclic) bond motifs is 1. The number of benzene rings is 2. The number of aryl methyl sites for hydroxylation is 2. The Morgan fingerprint density at radius 1 is 1.19 bits per heavy atom. The summed E-state index contributed by atoms with van der Waals surface area (Å²) in [7, 11) is 0. The Morgan fingerprint density at radius 3 is 2.59 bits per heavy atom. The molecule has 0 fully saturated rings. The Bertz CT molecular complexity index is 933. The van der Waals surface area contributed by atoms with E-state index < -0.39 is 0 Å². The minimum atomic E-state index is -0.160.